The molecule has 0 unspecified atom stereocenters. The van der Waals surface area contributed by atoms with Gasteiger partial charge in [0.1, 0.15) is 11.6 Å². The van der Waals surface area contributed by atoms with Crippen LogP contribution in [0, 0.1) is 12.7 Å². The first-order valence-corrected chi connectivity index (χ1v) is 7.80. The SMILES string of the molecule is Cc1cc(N2CCCCC2)nc2ccc(F)cc12.O=C(O)C(F)(F)F. The zero-order chi connectivity index (χ0) is 18.6. The molecule has 8 heteroatoms. The van der Waals surface area contributed by atoms with E-state index in [-0.39, 0.29) is 5.82 Å². The Bertz CT molecular complexity index is 756. The van der Waals surface area contributed by atoms with Gasteiger partial charge in [-0.1, -0.05) is 0 Å². The van der Waals surface area contributed by atoms with E-state index in [1.807, 2.05) is 6.92 Å². The van der Waals surface area contributed by atoms with E-state index in [0.29, 0.717) is 0 Å². The zero-order valence-corrected chi connectivity index (χ0v) is 13.6. The quantitative estimate of drug-likeness (QED) is 0.772. The molecular formula is C17H18F4N2O2. The van der Waals surface area contributed by atoms with Gasteiger partial charge in [-0.15, -0.1) is 0 Å². The summed E-state index contributed by atoms with van der Waals surface area (Å²) in [5.41, 5.74) is 1.98. The number of aromatic nitrogens is 1. The molecule has 3 rings (SSSR count). The first kappa shape index (κ1) is 19.0. The van der Waals surface area contributed by atoms with Gasteiger partial charge in [0.05, 0.1) is 5.52 Å². The van der Waals surface area contributed by atoms with Crippen molar-refractivity contribution in [3.8, 4) is 0 Å². The third-order valence-corrected chi connectivity index (χ3v) is 3.89. The number of piperidine rings is 1. The minimum Gasteiger partial charge on any atom is -0.475 e. The fraction of sp³-hybridized carbons (Fsp3) is 0.412. The molecule has 0 saturated carbocycles. The molecule has 0 amide bonds. The number of hydrogen-bond acceptors (Lipinski definition) is 3. The summed E-state index contributed by atoms with van der Waals surface area (Å²) in [5, 5.41) is 8.04. The number of carboxylic acid groups (broad SMARTS) is 1. The monoisotopic (exact) mass is 358 g/mol. The maximum Gasteiger partial charge on any atom is 0.490 e. The summed E-state index contributed by atoms with van der Waals surface area (Å²) in [6.07, 6.45) is -1.29. The van der Waals surface area contributed by atoms with Crippen molar-refractivity contribution in [3.05, 3.63) is 35.6 Å². The van der Waals surface area contributed by atoms with Crippen LogP contribution in [0.4, 0.5) is 23.4 Å². The number of pyridine rings is 1. The number of alkyl halides is 3. The van der Waals surface area contributed by atoms with Gasteiger partial charge in [0.2, 0.25) is 0 Å². The van der Waals surface area contributed by atoms with Crippen LogP contribution in [0.15, 0.2) is 24.3 Å². The van der Waals surface area contributed by atoms with E-state index >= 15 is 0 Å². The van der Waals surface area contributed by atoms with Crippen molar-refractivity contribution in [1.29, 1.82) is 0 Å². The van der Waals surface area contributed by atoms with E-state index in [4.69, 9.17) is 9.90 Å². The lowest BCUT2D eigenvalue weighted by atomic mass is 10.1. The minimum atomic E-state index is -5.08. The standard InChI is InChI=1S/C15H17FN2.C2HF3O2/c1-11-9-15(18-7-3-2-4-8-18)17-14-6-5-12(16)10-13(11)14;3-2(4,5)1(6)7/h5-6,9-10H,2-4,7-8H2,1H3;(H,6,7). The fourth-order valence-corrected chi connectivity index (χ4v) is 2.63. The van der Waals surface area contributed by atoms with Crippen molar-refractivity contribution < 1.29 is 27.5 Å². The number of nitrogens with zero attached hydrogens (tertiary/aromatic N) is 2. The molecule has 0 atom stereocenters. The van der Waals surface area contributed by atoms with Gasteiger partial charge in [0, 0.05) is 18.5 Å². The number of carbonyl (C=O) groups is 1. The summed E-state index contributed by atoms with van der Waals surface area (Å²) < 4.78 is 45.0. The maximum absolute atomic E-state index is 13.2. The van der Waals surface area contributed by atoms with Crippen LogP contribution in [-0.4, -0.2) is 35.3 Å². The summed E-state index contributed by atoms with van der Waals surface area (Å²) >= 11 is 0. The second-order valence-corrected chi connectivity index (χ2v) is 5.81. The number of hydrogen-bond donors (Lipinski definition) is 1. The van der Waals surface area contributed by atoms with Crippen LogP contribution in [0.5, 0.6) is 0 Å². The summed E-state index contributed by atoms with van der Waals surface area (Å²) in [4.78, 5) is 15.9. The van der Waals surface area contributed by atoms with Gasteiger partial charge < -0.3 is 10.0 Å². The van der Waals surface area contributed by atoms with E-state index in [2.05, 4.69) is 16.0 Å². The Kier molecular flexibility index (Phi) is 5.81. The molecule has 4 nitrogen and oxygen atoms in total. The van der Waals surface area contributed by atoms with Crippen molar-refractivity contribution in [1.82, 2.24) is 4.98 Å². The van der Waals surface area contributed by atoms with Gasteiger partial charge in [-0.05, 0) is 56.0 Å². The molecule has 1 aromatic heterocycles. The highest BCUT2D eigenvalue weighted by Crippen LogP contribution is 2.25. The average Bonchev–Trinajstić information content (AvgIpc) is 2.56. The molecule has 25 heavy (non-hydrogen) atoms. The molecule has 0 radical (unpaired) electrons. The minimum absolute atomic E-state index is 0.196. The Balaban J connectivity index is 0.000000277. The van der Waals surface area contributed by atoms with E-state index in [1.54, 1.807) is 12.1 Å². The number of aliphatic carboxylic acids is 1. The molecule has 1 fully saturated rings. The molecule has 1 aromatic carbocycles. The predicted octanol–water partition coefficient (Wildman–Crippen LogP) is 4.31. The highest BCUT2D eigenvalue weighted by atomic mass is 19.4. The van der Waals surface area contributed by atoms with E-state index in [0.717, 1.165) is 35.4 Å². The highest BCUT2D eigenvalue weighted by molar-refractivity contribution is 5.84. The van der Waals surface area contributed by atoms with Crippen molar-refractivity contribution in [3.63, 3.8) is 0 Å². The van der Waals surface area contributed by atoms with Crippen LogP contribution in [0.2, 0.25) is 0 Å². The van der Waals surface area contributed by atoms with E-state index < -0.39 is 12.1 Å². The highest BCUT2D eigenvalue weighted by Gasteiger charge is 2.38. The molecule has 0 bridgehead atoms. The summed E-state index contributed by atoms with van der Waals surface area (Å²) in [7, 11) is 0. The summed E-state index contributed by atoms with van der Waals surface area (Å²) in [6, 6.07) is 6.89. The molecular weight excluding hydrogens is 340 g/mol. The molecule has 2 aromatic rings. The Morgan fingerprint density at radius 1 is 1.16 bits per heavy atom. The van der Waals surface area contributed by atoms with Crippen LogP contribution >= 0.6 is 0 Å². The van der Waals surface area contributed by atoms with E-state index in [9.17, 15) is 17.6 Å². The second kappa shape index (κ2) is 7.67. The van der Waals surface area contributed by atoms with Gasteiger partial charge in [-0.2, -0.15) is 13.2 Å². The van der Waals surface area contributed by atoms with Crippen LogP contribution in [0.25, 0.3) is 10.9 Å². The fourth-order valence-electron chi connectivity index (χ4n) is 2.63. The summed E-state index contributed by atoms with van der Waals surface area (Å²) in [5.74, 6) is -1.92. The van der Waals surface area contributed by atoms with Crippen LogP contribution in [0.3, 0.4) is 0 Å². The average molecular weight is 358 g/mol. The second-order valence-electron chi connectivity index (χ2n) is 5.81. The molecule has 1 saturated heterocycles. The molecule has 136 valence electrons. The predicted molar refractivity (Wildman–Crippen MR) is 86.2 cm³/mol. The number of rotatable bonds is 1. The van der Waals surface area contributed by atoms with Crippen molar-refractivity contribution in [2.45, 2.75) is 32.4 Å². The number of aryl methyl sites for hydroxylation is 1. The summed E-state index contributed by atoms with van der Waals surface area (Å²) in [6.45, 7) is 4.19. The lowest BCUT2D eigenvalue weighted by Crippen LogP contribution is -2.30. The smallest absolute Gasteiger partial charge is 0.475 e. The van der Waals surface area contributed by atoms with Gasteiger partial charge in [-0.25, -0.2) is 14.2 Å². The maximum atomic E-state index is 13.2. The molecule has 0 aliphatic carbocycles. The third-order valence-electron chi connectivity index (χ3n) is 3.89. The van der Waals surface area contributed by atoms with E-state index in [1.165, 1.54) is 25.3 Å². The first-order valence-electron chi connectivity index (χ1n) is 7.80. The topological polar surface area (TPSA) is 53.4 Å². The Morgan fingerprint density at radius 2 is 1.76 bits per heavy atom. The normalized spacial score (nSPS) is 14.8. The number of fused-ring (bicyclic) bond motifs is 1. The molecule has 2 heterocycles. The molecule has 1 N–H and O–H groups in total. The number of halogens is 4. The Labute approximate surface area is 142 Å². The van der Waals surface area contributed by atoms with Crippen LogP contribution in [0.1, 0.15) is 24.8 Å². The first-order chi connectivity index (χ1) is 11.7. The van der Waals surface area contributed by atoms with Crippen LogP contribution in [-0.2, 0) is 4.79 Å². The molecule has 0 spiro atoms. The van der Waals surface area contributed by atoms with Crippen molar-refractivity contribution in [2.75, 3.05) is 18.0 Å². The zero-order valence-electron chi connectivity index (χ0n) is 13.6. The Morgan fingerprint density at radius 3 is 2.32 bits per heavy atom. The Hall–Kier alpha value is -2.38. The number of benzene rings is 1. The number of carboxylic acids is 1. The van der Waals surface area contributed by atoms with Gasteiger partial charge in [0.25, 0.3) is 0 Å². The van der Waals surface area contributed by atoms with Crippen molar-refractivity contribution >= 4 is 22.7 Å². The van der Waals surface area contributed by atoms with Gasteiger partial charge >= 0.3 is 12.1 Å². The van der Waals surface area contributed by atoms with Crippen LogP contribution < -0.4 is 4.90 Å². The largest absolute Gasteiger partial charge is 0.490 e. The number of anilines is 1. The molecule has 1 aliphatic rings. The lowest BCUT2D eigenvalue weighted by Gasteiger charge is -2.28. The molecule has 1 aliphatic heterocycles. The van der Waals surface area contributed by atoms with Gasteiger partial charge in [-0.3, -0.25) is 0 Å². The lowest BCUT2D eigenvalue weighted by molar-refractivity contribution is -0.192. The van der Waals surface area contributed by atoms with Crippen molar-refractivity contribution in [2.24, 2.45) is 0 Å². The van der Waals surface area contributed by atoms with Gasteiger partial charge in [0.15, 0.2) is 0 Å². The third kappa shape index (κ3) is 5.04.